The predicted molar refractivity (Wildman–Crippen MR) is 69.7 cm³/mol. The lowest BCUT2D eigenvalue weighted by molar-refractivity contribution is -0.143. The molecule has 18 heavy (non-hydrogen) atoms. The Morgan fingerprint density at radius 2 is 2.17 bits per heavy atom. The molecule has 0 unspecified atom stereocenters. The van der Waals surface area contributed by atoms with Crippen LogP contribution in [0, 0.1) is 6.92 Å². The first-order chi connectivity index (χ1) is 8.52. The molecule has 1 aliphatic carbocycles. The third-order valence-corrected chi connectivity index (χ3v) is 4.22. The zero-order chi connectivity index (χ0) is 13.2. The van der Waals surface area contributed by atoms with Gasteiger partial charge in [0.05, 0.1) is 0 Å². The highest BCUT2D eigenvalue weighted by Crippen LogP contribution is 2.35. The van der Waals surface area contributed by atoms with Crippen LogP contribution in [0.3, 0.4) is 0 Å². The van der Waals surface area contributed by atoms with Gasteiger partial charge in [-0.05, 0) is 44.7 Å². The number of aryl methyl sites for hydroxylation is 2. The van der Waals surface area contributed by atoms with Gasteiger partial charge in [-0.25, -0.2) is 4.79 Å². The van der Waals surface area contributed by atoms with Crippen molar-refractivity contribution in [3.8, 4) is 0 Å². The quantitative estimate of drug-likeness (QED) is 0.829. The smallest absolute Gasteiger partial charge is 0.329 e. The Hall–Kier alpha value is -1.36. The maximum atomic E-state index is 11.6. The number of carboxylic acid groups (broad SMARTS) is 1. The van der Waals surface area contributed by atoms with Crippen molar-refractivity contribution in [1.82, 2.24) is 5.32 Å². The van der Waals surface area contributed by atoms with Crippen LogP contribution in [0.15, 0.2) is 12.1 Å². The number of carbonyl (C=O) groups excluding carboxylic acids is 1. The fourth-order valence-electron chi connectivity index (χ4n) is 1.89. The molecule has 1 aliphatic rings. The van der Waals surface area contributed by atoms with Crippen LogP contribution in [-0.4, -0.2) is 22.5 Å². The fourth-order valence-corrected chi connectivity index (χ4v) is 2.82. The van der Waals surface area contributed by atoms with Gasteiger partial charge in [0.15, 0.2) is 0 Å². The summed E-state index contributed by atoms with van der Waals surface area (Å²) < 4.78 is 0. The van der Waals surface area contributed by atoms with Gasteiger partial charge in [-0.1, -0.05) is 0 Å². The van der Waals surface area contributed by atoms with Crippen LogP contribution in [0.4, 0.5) is 0 Å². The number of nitrogens with one attached hydrogen (secondary N) is 1. The third kappa shape index (κ3) is 3.10. The zero-order valence-corrected chi connectivity index (χ0v) is 11.2. The molecule has 0 saturated heterocycles. The SMILES string of the molecule is Cc1ccc(CCCC(=O)NC2(C(=O)O)CC2)s1. The summed E-state index contributed by atoms with van der Waals surface area (Å²) in [5.74, 6) is -1.06. The van der Waals surface area contributed by atoms with Gasteiger partial charge in [-0.3, -0.25) is 4.79 Å². The second-order valence-electron chi connectivity index (χ2n) is 4.80. The van der Waals surface area contributed by atoms with E-state index in [1.54, 1.807) is 11.3 Å². The second kappa shape index (κ2) is 5.10. The molecule has 1 saturated carbocycles. The molecule has 1 amide bonds. The van der Waals surface area contributed by atoms with Crippen LogP contribution in [0.5, 0.6) is 0 Å². The molecule has 1 aromatic rings. The molecule has 0 bridgehead atoms. The van der Waals surface area contributed by atoms with Crippen LogP contribution in [0.2, 0.25) is 0 Å². The summed E-state index contributed by atoms with van der Waals surface area (Å²) in [7, 11) is 0. The first kappa shape index (κ1) is 13.1. The molecule has 2 N–H and O–H groups in total. The van der Waals surface area contributed by atoms with Gasteiger partial charge in [0.1, 0.15) is 5.54 Å². The Morgan fingerprint density at radius 1 is 1.44 bits per heavy atom. The van der Waals surface area contributed by atoms with Gasteiger partial charge in [-0.15, -0.1) is 11.3 Å². The van der Waals surface area contributed by atoms with Crippen LogP contribution in [-0.2, 0) is 16.0 Å². The molecular formula is C13H17NO3S. The zero-order valence-electron chi connectivity index (χ0n) is 10.4. The van der Waals surface area contributed by atoms with E-state index in [0.29, 0.717) is 19.3 Å². The fraction of sp³-hybridized carbons (Fsp3) is 0.538. The van der Waals surface area contributed by atoms with Gasteiger partial charge in [0.2, 0.25) is 5.91 Å². The minimum Gasteiger partial charge on any atom is -0.480 e. The summed E-state index contributed by atoms with van der Waals surface area (Å²) in [5.41, 5.74) is -0.948. The number of carbonyl (C=O) groups is 2. The van der Waals surface area contributed by atoms with Crippen LogP contribution >= 0.6 is 11.3 Å². The van der Waals surface area contributed by atoms with Crippen LogP contribution in [0.1, 0.15) is 35.4 Å². The summed E-state index contributed by atoms with van der Waals surface area (Å²) in [6.07, 6.45) is 3.15. The van der Waals surface area contributed by atoms with Crippen molar-refractivity contribution in [1.29, 1.82) is 0 Å². The van der Waals surface area contributed by atoms with E-state index in [9.17, 15) is 9.59 Å². The number of aliphatic carboxylic acids is 1. The Bertz CT molecular complexity index is 463. The third-order valence-electron chi connectivity index (χ3n) is 3.16. The Labute approximate surface area is 110 Å². The van der Waals surface area contributed by atoms with Crippen molar-refractivity contribution >= 4 is 23.2 Å². The van der Waals surface area contributed by atoms with E-state index in [0.717, 1.165) is 12.8 Å². The van der Waals surface area contributed by atoms with Gasteiger partial charge in [-0.2, -0.15) is 0 Å². The lowest BCUT2D eigenvalue weighted by atomic mass is 10.2. The molecule has 0 aromatic carbocycles. The molecule has 0 atom stereocenters. The van der Waals surface area contributed by atoms with Crippen LogP contribution in [0.25, 0.3) is 0 Å². The summed E-state index contributed by atoms with van der Waals surface area (Å²) >= 11 is 1.74. The Balaban J connectivity index is 1.71. The van der Waals surface area contributed by atoms with Crippen molar-refractivity contribution in [3.05, 3.63) is 21.9 Å². The number of hydrogen-bond acceptors (Lipinski definition) is 3. The molecule has 0 spiro atoms. The largest absolute Gasteiger partial charge is 0.480 e. The molecule has 0 aliphatic heterocycles. The molecule has 98 valence electrons. The highest BCUT2D eigenvalue weighted by atomic mass is 32.1. The van der Waals surface area contributed by atoms with E-state index >= 15 is 0 Å². The lowest BCUT2D eigenvalue weighted by Gasteiger charge is -2.11. The summed E-state index contributed by atoms with van der Waals surface area (Å²) in [6, 6.07) is 4.15. The van der Waals surface area contributed by atoms with E-state index in [1.807, 2.05) is 0 Å². The topological polar surface area (TPSA) is 66.4 Å². The molecule has 4 nitrogen and oxygen atoms in total. The van der Waals surface area contributed by atoms with Crippen molar-refractivity contribution in [3.63, 3.8) is 0 Å². The van der Waals surface area contributed by atoms with E-state index in [4.69, 9.17) is 5.11 Å². The van der Waals surface area contributed by atoms with Gasteiger partial charge in [0, 0.05) is 16.2 Å². The van der Waals surface area contributed by atoms with E-state index < -0.39 is 11.5 Å². The lowest BCUT2D eigenvalue weighted by Crippen LogP contribution is -2.42. The standard InChI is InChI=1S/C13H17NO3S/c1-9-5-6-10(18-9)3-2-4-11(15)14-13(7-8-13)12(16)17/h5-6H,2-4,7-8H2,1H3,(H,14,15)(H,16,17). The van der Waals surface area contributed by atoms with E-state index in [1.165, 1.54) is 9.75 Å². The highest BCUT2D eigenvalue weighted by molar-refractivity contribution is 7.11. The molecule has 1 fully saturated rings. The second-order valence-corrected chi connectivity index (χ2v) is 6.17. The van der Waals surface area contributed by atoms with Gasteiger partial charge >= 0.3 is 5.97 Å². The molecular weight excluding hydrogens is 250 g/mol. The van der Waals surface area contributed by atoms with E-state index in [-0.39, 0.29) is 5.91 Å². The van der Waals surface area contributed by atoms with E-state index in [2.05, 4.69) is 24.4 Å². The van der Waals surface area contributed by atoms with Gasteiger partial charge < -0.3 is 10.4 Å². The minimum absolute atomic E-state index is 0.150. The van der Waals surface area contributed by atoms with Gasteiger partial charge in [0.25, 0.3) is 0 Å². The monoisotopic (exact) mass is 267 g/mol. The predicted octanol–water partition coefficient (Wildman–Crippen LogP) is 2.11. The van der Waals surface area contributed by atoms with Crippen LogP contribution < -0.4 is 5.32 Å². The maximum absolute atomic E-state index is 11.6. The normalized spacial score (nSPS) is 16.3. The maximum Gasteiger partial charge on any atom is 0.329 e. The summed E-state index contributed by atoms with van der Waals surface area (Å²) in [5, 5.41) is 11.6. The molecule has 1 heterocycles. The molecule has 5 heteroatoms. The molecule has 0 radical (unpaired) electrons. The first-order valence-electron chi connectivity index (χ1n) is 6.12. The van der Waals surface area contributed by atoms with Crippen molar-refractivity contribution in [2.75, 3.05) is 0 Å². The number of hydrogen-bond donors (Lipinski definition) is 2. The average Bonchev–Trinajstić information content (AvgIpc) is 2.96. The van der Waals surface area contributed by atoms with Crippen molar-refractivity contribution < 1.29 is 14.7 Å². The molecule has 1 aromatic heterocycles. The first-order valence-corrected chi connectivity index (χ1v) is 6.93. The summed E-state index contributed by atoms with van der Waals surface area (Å²) in [6.45, 7) is 2.06. The Kier molecular flexibility index (Phi) is 3.71. The number of thiophene rings is 1. The number of rotatable bonds is 6. The highest BCUT2D eigenvalue weighted by Gasteiger charge is 2.51. The average molecular weight is 267 g/mol. The Morgan fingerprint density at radius 3 is 2.67 bits per heavy atom. The molecule has 2 rings (SSSR count). The van der Waals surface area contributed by atoms with Crippen molar-refractivity contribution in [2.45, 2.75) is 44.6 Å². The minimum atomic E-state index is -0.948. The number of carboxylic acids is 1. The summed E-state index contributed by atoms with van der Waals surface area (Å²) in [4.78, 5) is 25.1. The van der Waals surface area contributed by atoms with Crippen molar-refractivity contribution in [2.24, 2.45) is 0 Å². The number of amides is 1.